The molecule has 2 aromatic carbocycles. The lowest BCUT2D eigenvalue weighted by Gasteiger charge is -2.27. The van der Waals surface area contributed by atoms with Gasteiger partial charge in [-0.05, 0) is 5.56 Å². The summed E-state index contributed by atoms with van der Waals surface area (Å²) in [7, 11) is 1.44. The van der Waals surface area contributed by atoms with E-state index in [2.05, 4.69) is 0 Å². The van der Waals surface area contributed by atoms with Gasteiger partial charge in [0.1, 0.15) is 28.9 Å². The molecular formula is C16H15NO4. The Kier molecular flexibility index (Phi) is 3.17. The summed E-state index contributed by atoms with van der Waals surface area (Å²) in [5, 5.41) is 10.1. The molecule has 1 heterocycles. The van der Waals surface area contributed by atoms with Crippen LogP contribution in [0.25, 0.3) is 0 Å². The third-order valence-electron chi connectivity index (χ3n) is 3.58. The van der Waals surface area contributed by atoms with Gasteiger partial charge in [0.25, 0.3) is 0 Å². The van der Waals surface area contributed by atoms with Gasteiger partial charge in [-0.2, -0.15) is 0 Å². The molecule has 2 aromatic rings. The summed E-state index contributed by atoms with van der Waals surface area (Å²) in [6.07, 6.45) is -0.213. The minimum atomic E-state index is -0.376. The number of nitrogen functional groups attached to an aromatic ring is 1. The second-order valence-corrected chi connectivity index (χ2v) is 4.86. The quantitative estimate of drug-likeness (QED) is 0.655. The molecule has 1 aliphatic rings. The average molecular weight is 285 g/mol. The number of benzene rings is 2. The molecule has 0 saturated heterocycles. The van der Waals surface area contributed by atoms with Gasteiger partial charge in [-0.25, -0.2) is 0 Å². The van der Waals surface area contributed by atoms with Crippen LogP contribution in [0.3, 0.4) is 0 Å². The number of ketones is 1. The Morgan fingerprint density at radius 3 is 2.71 bits per heavy atom. The molecule has 21 heavy (non-hydrogen) atoms. The van der Waals surface area contributed by atoms with Crippen molar-refractivity contribution in [3.05, 3.63) is 47.5 Å². The number of carbonyl (C=O) groups excluding carboxylic acids is 1. The summed E-state index contributed by atoms with van der Waals surface area (Å²) >= 11 is 0. The molecule has 1 atom stereocenters. The number of hydrogen-bond acceptors (Lipinski definition) is 5. The van der Waals surface area contributed by atoms with Crippen LogP contribution in [-0.4, -0.2) is 18.0 Å². The number of phenolic OH excluding ortho intramolecular Hbond substituents is 1. The number of aromatic hydroxyl groups is 1. The molecule has 1 aliphatic heterocycles. The Morgan fingerprint density at radius 1 is 1.33 bits per heavy atom. The Hall–Kier alpha value is -2.69. The first kappa shape index (κ1) is 13.3. The smallest absolute Gasteiger partial charge is 0.174 e. The molecule has 0 bridgehead atoms. The number of ether oxygens (including phenoxy) is 2. The highest BCUT2D eigenvalue weighted by atomic mass is 16.5. The Morgan fingerprint density at radius 2 is 2.05 bits per heavy atom. The molecule has 5 nitrogen and oxygen atoms in total. The fourth-order valence-electron chi connectivity index (χ4n) is 2.49. The van der Waals surface area contributed by atoms with Crippen LogP contribution in [0, 0.1) is 0 Å². The lowest BCUT2D eigenvalue weighted by molar-refractivity contribution is 0.0845. The maximum atomic E-state index is 12.3. The van der Waals surface area contributed by atoms with Gasteiger partial charge < -0.3 is 20.3 Å². The zero-order valence-corrected chi connectivity index (χ0v) is 11.5. The van der Waals surface area contributed by atoms with E-state index in [1.54, 1.807) is 0 Å². The van der Waals surface area contributed by atoms with Crippen molar-refractivity contribution in [2.75, 3.05) is 12.8 Å². The van der Waals surface area contributed by atoms with Gasteiger partial charge in [-0.1, -0.05) is 30.3 Å². The van der Waals surface area contributed by atoms with Gasteiger partial charge >= 0.3 is 0 Å². The van der Waals surface area contributed by atoms with Gasteiger partial charge in [0.2, 0.25) is 0 Å². The van der Waals surface area contributed by atoms with E-state index in [0.29, 0.717) is 5.75 Å². The Balaban J connectivity index is 2.06. The molecule has 0 aliphatic carbocycles. The standard InChI is InChI=1S/C16H15NO4/c1-20-13-8-12-14(16(19)15(13)17)10(18)7-11(21-12)9-5-3-2-4-6-9/h2-6,8,11,19H,7,17H2,1H3. The number of phenols is 1. The van der Waals surface area contributed by atoms with Crippen LogP contribution in [0.4, 0.5) is 5.69 Å². The lowest BCUT2D eigenvalue weighted by atomic mass is 9.95. The van der Waals surface area contributed by atoms with E-state index >= 15 is 0 Å². The topological polar surface area (TPSA) is 81.8 Å². The molecule has 0 fully saturated rings. The highest BCUT2D eigenvalue weighted by Crippen LogP contribution is 2.45. The Bertz CT molecular complexity index is 697. The fraction of sp³-hybridized carbons (Fsp3) is 0.188. The number of fused-ring (bicyclic) bond motifs is 1. The Labute approximate surface area is 121 Å². The summed E-state index contributed by atoms with van der Waals surface area (Å²) in [6, 6.07) is 11.0. The molecular weight excluding hydrogens is 270 g/mol. The number of carbonyl (C=O) groups is 1. The fourth-order valence-corrected chi connectivity index (χ4v) is 2.49. The number of hydrogen-bond donors (Lipinski definition) is 2. The van der Waals surface area contributed by atoms with Crippen molar-refractivity contribution in [1.82, 2.24) is 0 Å². The van der Waals surface area contributed by atoms with Crippen LogP contribution in [0.1, 0.15) is 28.4 Å². The molecule has 0 radical (unpaired) electrons. The predicted molar refractivity (Wildman–Crippen MR) is 77.8 cm³/mol. The summed E-state index contributed by atoms with van der Waals surface area (Å²) in [5.41, 5.74) is 6.82. The SMILES string of the molecule is COc1cc2c(c(O)c1N)C(=O)CC(c1ccccc1)O2. The van der Waals surface area contributed by atoms with Crippen molar-refractivity contribution in [3.63, 3.8) is 0 Å². The van der Waals surface area contributed by atoms with Crippen LogP contribution in [0.15, 0.2) is 36.4 Å². The van der Waals surface area contributed by atoms with Gasteiger partial charge in [-0.15, -0.1) is 0 Å². The maximum absolute atomic E-state index is 12.3. The first-order chi connectivity index (χ1) is 10.1. The number of nitrogens with two attached hydrogens (primary N) is 1. The number of Topliss-reactive ketones (excluding diaryl/α,β-unsaturated/α-hetero) is 1. The van der Waals surface area contributed by atoms with E-state index in [0.717, 1.165) is 5.56 Å². The van der Waals surface area contributed by atoms with Crippen molar-refractivity contribution < 1.29 is 19.4 Å². The van der Waals surface area contributed by atoms with E-state index < -0.39 is 0 Å². The van der Waals surface area contributed by atoms with Crippen LogP contribution in [0.2, 0.25) is 0 Å². The van der Waals surface area contributed by atoms with Crippen molar-refractivity contribution in [2.45, 2.75) is 12.5 Å². The molecule has 1 unspecified atom stereocenters. The normalized spacial score (nSPS) is 17.0. The van der Waals surface area contributed by atoms with E-state index in [1.165, 1.54) is 13.2 Å². The summed E-state index contributed by atoms with van der Waals surface area (Å²) in [5.74, 6) is 0.106. The second kappa shape index (κ2) is 5.01. The van der Waals surface area contributed by atoms with Crippen LogP contribution in [0.5, 0.6) is 17.2 Å². The van der Waals surface area contributed by atoms with Gasteiger partial charge in [0, 0.05) is 6.07 Å². The van der Waals surface area contributed by atoms with E-state index in [4.69, 9.17) is 15.2 Å². The molecule has 0 saturated carbocycles. The summed E-state index contributed by atoms with van der Waals surface area (Å²) in [4.78, 5) is 12.3. The minimum absolute atomic E-state index is 0.0476. The average Bonchev–Trinajstić information content (AvgIpc) is 2.51. The highest BCUT2D eigenvalue weighted by Gasteiger charge is 2.32. The van der Waals surface area contributed by atoms with Crippen LogP contribution < -0.4 is 15.2 Å². The summed E-state index contributed by atoms with van der Waals surface area (Å²) in [6.45, 7) is 0. The first-order valence-electron chi connectivity index (χ1n) is 6.56. The molecule has 0 aromatic heterocycles. The zero-order valence-electron chi connectivity index (χ0n) is 11.5. The summed E-state index contributed by atoms with van der Waals surface area (Å²) < 4.78 is 10.9. The number of rotatable bonds is 2. The van der Waals surface area contributed by atoms with Gasteiger partial charge in [-0.3, -0.25) is 4.79 Å². The minimum Gasteiger partial charge on any atom is -0.505 e. The van der Waals surface area contributed by atoms with Crippen LogP contribution >= 0.6 is 0 Å². The number of anilines is 1. The van der Waals surface area contributed by atoms with Crippen molar-refractivity contribution in [1.29, 1.82) is 0 Å². The lowest BCUT2D eigenvalue weighted by Crippen LogP contribution is -2.21. The monoisotopic (exact) mass is 285 g/mol. The number of methoxy groups -OCH3 is 1. The molecule has 5 heteroatoms. The first-order valence-corrected chi connectivity index (χ1v) is 6.56. The van der Waals surface area contributed by atoms with Crippen molar-refractivity contribution >= 4 is 11.5 Å². The largest absolute Gasteiger partial charge is 0.505 e. The molecule has 0 amide bonds. The molecule has 3 rings (SSSR count). The van der Waals surface area contributed by atoms with E-state index in [9.17, 15) is 9.90 Å². The van der Waals surface area contributed by atoms with Gasteiger partial charge in [0.05, 0.1) is 13.5 Å². The van der Waals surface area contributed by atoms with Crippen molar-refractivity contribution in [3.8, 4) is 17.2 Å². The predicted octanol–water partition coefficient (Wildman–Crippen LogP) is 2.69. The third kappa shape index (κ3) is 2.16. The second-order valence-electron chi connectivity index (χ2n) is 4.86. The van der Waals surface area contributed by atoms with Crippen molar-refractivity contribution in [2.24, 2.45) is 0 Å². The van der Waals surface area contributed by atoms with E-state index in [-0.39, 0.29) is 41.1 Å². The third-order valence-corrected chi connectivity index (χ3v) is 3.58. The molecule has 3 N–H and O–H groups in total. The van der Waals surface area contributed by atoms with Crippen LogP contribution in [-0.2, 0) is 0 Å². The van der Waals surface area contributed by atoms with E-state index in [1.807, 2.05) is 30.3 Å². The molecule has 108 valence electrons. The van der Waals surface area contributed by atoms with Gasteiger partial charge in [0.15, 0.2) is 11.5 Å². The molecule has 0 spiro atoms. The highest BCUT2D eigenvalue weighted by molar-refractivity contribution is 6.04. The maximum Gasteiger partial charge on any atom is 0.174 e. The zero-order chi connectivity index (χ0) is 15.0.